The number of halogens is 4. The van der Waals surface area contributed by atoms with Crippen LogP contribution in [0.15, 0.2) is 24.3 Å². The first-order valence-electron chi connectivity index (χ1n) is 7.15. The summed E-state index contributed by atoms with van der Waals surface area (Å²) in [6.07, 6.45) is -5.14. The van der Waals surface area contributed by atoms with Gasteiger partial charge in [0.2, 0.25) is 5.91 Å². The topological polar surface area (TPSA) is 38.8 Å². The van der Waals surface area contributed by atoms with Crippen molar-refractivity contribution in [2.24, 2.45) is 0 Å². The smallest absolute Gasteiger partial charge is 0.372 e. The van der Waals surface area contributed by atoms with Gasteiger partial charge in [-0.3, -0.25) is 4.79 Å². The number of hydrogen-bond donors (Lipinski definition) is 0. The maximum atomic E-state index is 13.8. The van der Waals surface area contributed by atoms with Gasteiger partial charge in [0.25, 0.3) is 0 Å². The van der Waals surface area contributed by atoms with Gasteiger partial charge in [-0.1, -0.05) is 18.2 Å². The minimum Gasteiger partial charge on any atom is -0.372 e. The average molecular weight is 335 g/mol. The van der Waals surface area contributed by atoms with Crippen LogP contribution in [-0.4, -0.2) is 49.9 Å². The van der Waals surface area contributed by atoms with Crippen LogP contribution in [0.3, 0.4) is 0 Å². The zero-order chi connectivity index (χ0) is 16.9. The number of rotatable bonds is 5. The van der Waals surface area contributed by atoms with E-state index >= 15 is 0 Å². The Hall–Kier alpha value is -1.67. The Morgan fingerprint density at radius 3 is 2.78 bits per heavy atom. The minimum atomic E-state index is -4.40. The molecule has 0 radical (unpaired) electrons. The number of ether oxygens (including phenoxy) is 2. The third kappa shape index (κ3) is 5.47. The summed E-state index contributed by atoms with van der Waals surface area (Å²) in [6.45, 7) is -0.947. The molecule has 1 saturated heterocycles. The monoisotopic (exact) mass is 335 g/mol. The molecule has 8 heteroatoms. The molecule has 1 aromatic carbocycles. The quantitative estimate of drug-likeness (QED) is 0.613. The SMILES string of the molecule is O=C(CCOCC(F)(F)F)N1CCOC(c2ccccc2F)C1. The Kier molecular flexibility index (Phi) is 5.95. The van der Waals surface area contributed by atoms with Crippen LogP contribution in [0.2, 0.25) is 0 Å². The van der Waals surface area contributed by atoms with Gasteiger partial charge in [0.1, 0.15) is 18.5 Å². The summed E-state index contributed by atoms with van der Waals surface area (Å²) in [5.41, 5.74) is 0.360. The zero-order valence-electron chi connectivity index (χ0n) is 12.3. The lowest BCUT2D eigenvalue weighted by molar-refractivity contribution is -0.175. The lowest BCUT2D eigenvalue weighted by Gasteiger charge is -2.33. The number of hydrogen-bond acceptors (Lipinski definition) is 3. The van der Waals surface area contributed by atoms with Crippen molar-refractivity contribution in [3.63, 3.8) is 0 Å². The average Bonchev–Trinajstić information content (AvgIpc) is 2.51. The fraction of sp³-hybridized carbons (Fsp3) is 0.533. The highest BCUT2D eigenvalue weighted by atomic mass is 19.4. The number of nitrogens with zero attached hydrogens (tertiary/aromatic N) is 1. The molecule has 1 fully saturated rings. The van der Waals surface area contributed by atoms with Crippen LogP contribution in [-0.2, 0) is 14.3 Å². The predicted molar refractivity (Wildman–Crippen MR) is 73.2 cm³/mol. The highest BCUT2D eigenvalue weighted by Crippen LogP contribution is 2.24. The molecule has 0 spiro atoms. The van der Waals surface area contributed by atoms with Gasteiger partial charge >= 0.3 is 6.18 Å². The fourth-order valence-corrected chi connectivity index (χ4v) is 2.31. The lowest BCUT2D eigenvalue weighted by atomic mass is 10.1. The van der Waals surface area contributed by atoms with Crippen molar-refractivity contribution in [3.05, 3.63) is 35.6 Å². The molecule has 0 N–H and O–H groups in total. The van der Waals surface area contributed by atoms with E-state index in [2.05, 4.69) is 4.74 Å². The summed E-state index contributed by atoms with van der Waals surface area (Å²) in [7, 11) is 0. The Labute approximate surface area is 131 Å². The van der Waals surface area contributed by atoms with Crippen LogP contribution in [0.1, 0.15) is 18.1 Å². The van der Waals surface area contributed by atoms with Gasteiger partial charge in [0.05, 0.1) is 26.2 Å². The van der Waals surface area contributed by atoms with Crippen molar-refractivity contribution < 1.29 is 31.8 Å². The molecular formula is C15H17F4NO3. The van der Waals surface area contributed by atoms with Crippen molar-refractivity contribution >= 4 is 5.91 Å². The number of morpholine rings is 1. The first kappa shape index (κ1) is 17.7. The normalized spacial score (nSPS) is 19.0. The molecule has 0 bridgehead atoms. The molecule has 1 heterocycles. The fourth-order valence-electron chi connectivity index (χ4n) is 2.31. The number of amides is 1. The highest BCUT2D eigenvalue weighted by Gasteiger charge is 2.29. The zero-order valence-corrected chi connectivity index (χ0v) is 12.3. The molecule has 1 aromatic rings. The first-order valence-corrected chi connectivity index (χ1v) is 7.15. The molecule has 4 nitrogen and oxygen atoms in total. The Balaban J connectivity index is 1.84. The second-order valence-corrected chi connectivity index (χ2v) is 5.14. The van der Waals surface area contributed by atoms with E-state index in [-0.39, 0.29) is 32.1 Å². The maximum Gasteiger partial charge on any atom is 0.411 e. The van der Waals surface area contributed by atoms with Crippen LogP contribution in [0.5, 0.6) is 0 Å². The van der Waals surface area contributed by atoms with E-state index in [1.165, 1.54) is 11.0 Å². The predicted octanol–water partition coefficient (Wildman–Crippen LogP) is 2.69. The number of carbonyl (C=O) groups excluding carboxylic acids is 1. The van der Waals surface area contributed by atoms with Crippen LogP contribution in [0.25, 0.3) is 0 Å². The summed E-state index contributed by atoms with van der Waals surface area (Å²) < 4.78 is 59.5. The van der Waals surface area contributed by atoms with Crippen LogP contribution < -0.4 is 0 Å². The maximum absolute atomic E-state index is 13.8. The number of alkyl halides is 3. The van der Waals surface area contributed by atoms with E-state index in [9.17, 15) is 22.4 Å². The highest BCUT2D eigenvalue weighted by molar-refractivity contribution is 5.76. The summed E-state index contributed by atoms with van der Waals surface area (Å²) in [6, 6.07) is 6.13. The second-order valence-electron chi connectivity index (χ2n) is 5.14. The van der Waals surface area contributed by atoms with Crippen LogP contribution in [0, 0.1) is 5.82 Å². The largest absolute Gasteiger partial charge is 0.411 e. The van der Waals surface area contributed by atoms with Crippen LogP contribution >= 0.6 is 0 Å². The molecule has 23 heavy (non-hydrogen) atoms. The third-order valence-electron chi connectivity index (χ3n) is 3.40. The second kappa shape index (κ2) is 7.74. The van der Waals surface area contributed by atoms with Crippen LogP contribution in [0.4, 0.5) is 17.6 Å². The molecule has 0 aliphatic carbocycles. The number of carbonyl (C=O) groups is 1. The van der Waals surface area contributed by atoms with E-state index in [4.69, 9.17) is 4.74 Å². The van der Waals surface area contributed by atoms with Gasteiger partial charge in [0, 0.05) is 12.1 Å². The number of benzene rings is 1. The van der Waals surface area contributed by atoms with Gasteiger partial charge < -0.3 is 14.4 Å². The van der Waals surface area contributed by atoms with Crippen molar-refractivity contribution in [2.75, 3.05) is 32.9 Å². The molecule has 128 valence electrons. The molecule has 0 aromatic heterocycles. The van der Waals surface area contributed by atoms with Gasteiger partial charge in [-0.25, -0.2) is 4.39 Å². The van der Waals surface area contributed by atoms with Crippen molar-refractivity contribution in [1.29, 1.82) is 0 Å². The Bertz CT molecular complexity index is 536. The van der Waals surface area contributed by atoms with E-state index in [1.807, 2.05) is 0 Å². The molecule has 1 atom stereocenters. The minimum absolute atomic E-state index is 0.153. The van der Waals surface area contributed by atoms with E-state index in [0.29, 0.717) is 12.1 Å². The van der Waals surface area contributed by atoms with Gasteiger partial charge in [0.15, 0.2) is 0 Å². The molecule has 2 rings (SSSR count). The lowest BCUT2D eigenvalue weighted by Crippen LogP contribution is -2.42. The summed E-state index contributed by atoms with van der Waals surface area (Å²) >= 11 is 0. The summed E-state index contributed by atoms with van der Waals surface area (Å²) in [5.74, 6) is -0.753. The molecule has 1 aliphatic heterocycles. The van der Waals surface area contributed by atoms with Crippen molar-refractivity contribution in [3.8, 4) is 0 Å². The molecular weight excluding hydrogens is 318 g/mol. The Morgan fingerprint density at radius 2 is 2.09 bits per heavy atom. The standard InChI is InChI=1S/C15H17F4NO3/c16-12-4-2-1-3-11(12)13-9-20(6-8-23-13)14(21)5-7-22-10-15(17,18)19/h1-4,13H,5-10H2. The van der Waals surface area contributed by atoms with Crippen molar-refractivity contribution in [1.82, 2.24) is 4.90 Å². The molecule has 1 aliphatic rings. The summed E-state index contributed by atoms with van der Waals surface area (Å²) in [5, 5.41) is 0. The first-order chi connectivity index (χ1) is 10.9. The third-order valence-corrected chi connectivity index (χ3v) is 3.40. The van der Waals surface area contributed by atoms with E-state index in [1.54, 1.807) is 18.2 Å². The molecule has 0 saturated carbocycles. The molecule has 1 unspecified atom stereocenters. The van der Waals surface area contributed by atoms with E-state index in [0.717, 1.165) is 0 Å². The van der Waals surface area contributed by atoms with Crippen molar-refractivity contribution in [2.45, 2.75) is 18.7 Å². The van der Waals surface area contributed by atoms with Gasteiger partial charge in [-0.2, -0.15) is 13.2 Å². The van der Waals surface area contributed by atoms with E-state index < -0.39 is 24.7 Å². The van der Waals surface area contributed by atoms with Gasteiger partial charge in [-0.15, -0.1) is 0 Å². The van der Waals surface area contributed by atoms with Gasteiger partial charge in [-0.05, 0) is 6.07 Å². The summed E-state index contributed by atoms with van der Waals surface area (Å²) in [4.78, 5) is 13.5. The Morgan fingerprint density at radius 1 is 1.35 bits per heavy atom. The molecule has 1 amide bonds.